The van der Waals surface area contributed by atoms with Gasteiger partial charge in [0.05, 0.1) is 11.8 Å². The van der Waals surface area contributed by atoms with Gasteiger partial charge in [0.2, 0.25) is 5.91 Å². The molecule has 4 nitrogen and oxygen atoms in total. The van der Waals surface area contributed by atoms with E-state index < -0.39 is 21.5 Å². The summed E-state index contributed by atoms with van der Waals surface area (Å²) in [6.45, 7) is 3.75. The molecular formula is C16H22FNO3S. The van der Waals surface area contributed by atoms with Gasteiger partial charge < -0.3 is 5.32 Å². The van der Waals surface area contributed by atoms with E-state index in [2.05, 4.69) is 5.32 Å². The zero-order valence-electron chi connectivity index (χ0n) is 12.9. The van der Waals surface area contributed by atoms with Crippen LogP contribution in [0.3, 0.4) is 0 Å². The summed E-state index contributed by atoms with van der Waals surface area (Å²) in [7, 11) is -3.37. The van der Waals surface area contributed by atoms with Crippen molar-refractivity contribution in [2.75, 3.05) is 11.5 Å². The fourth-order valence-corrected chi connectivity index (χ4v) is 4.24. The first kappa shape index (κ1) is 16.9. The van der Waals surface area contributed by atoms with E-state index >= 15 is 0 Å². The average molecular weight is 327 g/mol. The van der Waals surface area contributed by atoms with Gasteiger partial charge in [-0.15, -0.1) is 0 Å². The molecule has 0 unspecified atom stereocenters. The summed E-state index contributed by atoms with van der Waals surface area (Å²) in [5, 5.41) is 2.78. The number of carbonyl (C=O) groups excluding carboxylic acids is 1. The van der Waals surface area contributed by atoms with E-state index in [1.54, 1.807) is 19.1 Å². The number of hydrogen-bond donors (Lipinski definition) is 1. The van der Waals surface area contributed by atoms with Crippen LogP contribution in [0.15, 0.2) is 18.2 Å². The summed E-state index contributed by atoms with van der Waals surface area (Å²) in [4.78, 5) is 12.1. The van der Waals surface area contributed by atoms with Crippen molar-refractivity contribution in [2.45, 2.75) is 39.2 Å². The molecule has 1 aliphatic carbocycles. The third-order valence-electron chi connectivity index (χ3n) is 4.09. The molecule has 22 heavy (non-hydrogen) atoms. The highest BCUT2D eigenvalue weighted by Gasteiger charge is 2.30. The lowest BCUT2D eigenvalue weighted by molar-refractivity contribution is -0.119. The molecule has 1 N–H and O–H groups in total. The molecular weight excluding hydrogens is 305 g/mol. The zero-order valence-corrected chi connectivity index (χ0v) is 13.7. The molecule has 0 fully saturated rings. The smallest absolute Gasteiger partial charge is 0.235 e. The summed E-state index contributed by atoms with van der Waals surface area (Å²) < 4.78 is 37.4. The van der Waals surface area contributed by atoms with E-state index in [1.165, 1.54) is 6.07 Å². The molecule has 0 aromatic heterocycles. The van der Waals surface area contributed by atoms with E-state index in [1.807, 2.05) is 6.92 Å². The summed E-state index contributed by atoms with van der Waals surface area (Å²) in [5.41, 5.74) is 1.39. The number of benzene rings is 1. The van der Waals surface area contributed by atoms with E-state index in [4.69, 9.17) is 0 Å². The van der Waals surface area contributed by atoms with E-state index in [0.29, 0.717) is 18.4 Å². The molecule has 0 radical (unpaired) electrons. The van der Waals surface area contributed by atoms with Crippen LogP contribution >= 0.6 is 0 Å². The van der Waals surface area contributed by atoms with Gasteiger partial charge in [-0.3, -0.25) is 4.79 Å². The Morgan fingerprint density at radius 1 is 1.41 bits per heavy atom. The molecule has 2 atom stereocenters. The second-order valence-corrected chi connectivity index (χ2v) is 8.14. The predicted molar refractivity (Wildman–Crippen MR) is 83.7 cm³/mol. The number of sulfone groups is 1. The quantitative estimate of drug-likeness (QED) is 0.903. The Morgan fingerprint density at radius 2 is 2.14 bits per heavy atom. The highest BCUT2D eigenvalue weighted by atomic mass is 32.2. The van der Waals surface area contributed by atoms with E-state index in [0.717, 1.165) is 12.0 Å². The Balaban J connectivity index is 2.16. The fourth-order valence-electron chi connectivity index (χ4n) is 2.99. The number of hydrogen-bond acceptors (Lipinski definition) is 3. The molecule has 0 saturated carbocycles. The van der Waals surface area contributed by atoms with Gasteiger partial charge in [-0.2, -0.15) is 0 Å². The largest absolute Gasteiger partial charge is 0.348 e. The van der Waals surface area contributed by atoms with Gasteiger partial charge in [-0.25, -0.2) is 12.8 Å². The van der Waals surface area contributed by atoms with Gasteiger partial charge in [-0.05, 0) is 42.4 Å². The van der Waals surface area contributed by atoms with E-state index in [9.17, 15) is 17.6 Å². The number of nitrogens with one attached hydrogen (secondary N) is 1. The highest BCUT2D eigenvalue weighted by molar-refractivity contribution is 7.92. The molecule has 0 bridgehead atoms. The second-order valence-electron chi connectivity index (χ2n) is 5.96. The first-order chi connectivity index (χ1) is 10.3. The van der Waals surface area contributed by atoms with Crippen molar-refractivity contribution in [1.82, 2.24) is 5.32 Å². The van der Waals surface area contributed by atoms with Crippen molar-refractivity contribution >= 4 is 15.7 Å². The molecule has 1 amide bonds. The fraction of sp³-hybridized carbons (Fsp3) is 0.562. The highest BCUT2D eigenvalue weighted by Crippen LogP contribution is 2.35. The molecule has 122 valence electrons. The molecule has 0 heterocycles. The zero-order chi connectivity index (χ0) is 16.3. The maximum Gasteiger partial charge on any atom is 0.235 e. The van der Waals surface area contributed by atoms with Crippen molar-refractivity contribution in [3.8, 4) is 0 Å². The summed E-state index contributed by atoms with van der Waals surface area (Å²) in [5.74, 6) is -1.13. The normalized spacial score (nSPS) is 21.2. The van der Waals surface area contributed by atoms with Crippen LogP contribution in [0.2, 0.25) is 0 Å². The monoisotopic (exact) mass is 327 g/mol. The van der Waals surface area contributed by atoms with Gasteiger partial charge in [0.25, 0.3) is 0 Å². The molecule has 0 aliphatic heterocycles. The van der Waals surface area contributed by atoms with Crippen molar-refractivity contribution < 1.29 is 17.6 Å². The Kier molecular flexibility index (Phi) is 5.21. The summed E-state index contributed by atoms with van der Waals surface area (Å²) in [6.07, 6.45) is 1.90. The first-order valence-electron chi connectivity index (χ1n) is 7.61. The van der Waals surface area contributed by atoms with Crippen LogP contribution in [0.4, 0.5) is 4.39 Å². The van der Waals surface area contributed by atoms with Crippen molar-refractivity contribution in [3.05, 3.63) is 35.1 Å². The molecule has 0 saturated heterocycles. The predicted octanol–water partition coefficient (Wildman–Crippen LogP) is 2.39. The van der Waals surface area contributed by atoms with Crippen molar-refractivity contribution in [2.24, 2.45) is 5.92 Å². The van der Waals surface area contributed by atoms with Crippen LogP contribution in [-0.2, 0) is 21.1 Å². The minimum absolute atomic E-state index is 0.00581. The Bertz CT molecular complexity index is 657. The molecule has 1 aromatic carbocycles. The minimum atomic E-state index is -3.37. The molecule has 2 rings (SSSR count). The second kappa shape index (κ2) is 6.77. The van der Waals surface area contributed by atoms with Crippen LogP contribution in [-0.4, -0.2) is 25.8 Å². The maximum atomic E-state index is 13.9. The average Bonchev–Trinajstić information content (AvgIpc) is 2.41. The van der Waals surface area contributed by atoms with Crippen LogP contribution in [0.25, 0.3) is 0 Å². The van der Waals surface area contributed by atoms with Gasteiger partial charge in [-0.1, -0.05) is 26.0 Å². The van der Waals surface area contributed by atoms with Gasteiger partial charge in [0, 0.05) is 0 Å². The SMILES string of the molecule is CCCS(=O)(=O)CC(=O)N[C@H]1c2cccc(F)c2CC[C@@H]1C. The number of carbonyl (C=O) groups is 1. The molecule has 0 spiro atoms. The lowest BCUT2D eigenvalue weighted by Crippen LogP contribution is -2.39. The van der Waals surface area contributed by atoms with Crippen LogP contribution in [0, 0.1) is 11.7 Å². The minimum Gasteiger partial charge on any atom is -0.348 e. The standard InChI is InChI=1S/C16H22FNO3S/c1-3-9-22(20,21)10-15(19)18-16-11(2)7-8-12-13(16)5-4-6-14(12)17/h4-6,11,16H,3,7-10H2,1-2H3,(H,18,19)/t11-,16+/m0/s1. The molecule has 1 aliphatic rings. The molecule has 1 aromatic rings. The third kappa shape index (κ3) is 3.85. The van der Waals surface area contributed by atoms with Gasteiger partial charge >= 0.3 is 0 Å². The lowest BCUT2D eigenvalue weighted by Gasteiger charge is -2.32. The van der Waals surface area contributed by atoms with Crippen molar-refractivity contribution in [3.63, 3.8) is 0 Å². The number of halogens is 1. The topological polar surface area (TPSA) is 63.2 Å². The third-order valence-corrected chi connectivity index (χ3v) is 5.82. The number of fused-ring (bicyclic) bond motifs is 1. The number of rotatable bonds is 5. The Hall–Kier alpha value is -1.43. The summed E-state index contributed by atoms with van der Waals surface area (Å²) >= 11 is 0. The Morgan fingerprint density at radius 3 is 2.82 bits per heavy atom. The van der Waals surface area contributed by atoms with E-state index in [-0.39, 0.29) is 23.5 Å². The van der Waals surface area contributed by atoms with Crippen LogP contribution in [0.1, 0.15) is 43.9 Å². The molecule has 6 heteroatoms. The van der Waals surface area contributed by atoms with Crippen LogP contribution in [0.5, 0.6) is 0 Å². The van der Waals surface area contributed by atoms with Gasteiger partial charge in [0.1, 0.15) is 11.6 Å². The van der Waals surface area contributed by atoms with Crippen molar-refractivity contribution in [1.29, 1.82) is 0 Å². The maximum absolute atomic E-state index is 13.9. The lowest BCUT2D eigenvalue weighted by atomic mass is 9.80. The van der Waals surface area contributed by atoms with Crippen LogP contribution < -0.4 is 5.32 Å². The number of amides is 1. The summed E-state index contributed by atoms with van der Waals surface area (Å²) in [6, 6.07) is 4.52. The Labute approximate surface area is 131 Å². The van der Waals surface area contributed by atoms with Gasteiger partial charge in [0.15, 0.2) is 9.84 Å². The first-order valence-corrected chi connectivity index (χ1v) is 9.43.